The monoisotopic (exact) mass is 494 g/mol. The number of hydrogen-bond acceptors (Lipinski definition) is 5. The van der Waals surface area contributed by atoms with Crippen molar-refractivity contribution < 1.29 is 27.0 Å². The summed E-state index contributed by atoms with van der Waals surface area (Å²) in [5, 5.41) is 3.56. The van der Waals surface area contributed by atoms with Crippen LogP contribution in [0.1, 0.15) is 5.56 Å². The molecule has 176 valence electrons. The lowest BCUT2D eigenvalue weighted by Crippen LogP contribution is -2.21. The van der Waals surface area contributed by atoms with E-state index < -0.39 is 28.3 Å². The van der Waals surface area contributed by atoms with Crippen molar-refractivity contribution in [2.24, 2.45) is 14.1 Å². The highest BCUT2D eigenvalue weighted by Gasteiger charge is 2.33. The second-order valence-electron chi connectivity index (χ2n) is 7.16. The van der Waals surface area contributed by atoms with Gasteiger partial charge in [-0.3, -0.25) is 9.25 Å². The molecule has 7 nitrogen and oxygen atoms in total. The number of ether oxygens (including phenoxy) is 2. The molecular weight excluding hydrogens is 480 g/mol. The van der Waals surface area contributed by atoms with Gasteiger partial charge in [0.15, 0.2) is 11.6 Å². The Morgan fingerprint density at radius 3 is 2.35 bits per heavy atom. The Bertz CT molecular complexity index is 1430. The summed E-state index contributed by atoms with van der Waals surface area (Å²) in [7, 11) is 3.26. The molecule has 0 saturated heterocycles. The second kappa shape index (κ2) is 8.82. The number of aryl methyl sites for hydroxylation is 1. The van der Waals surface area contributed by atoms with E-state index in [1.807, 2.05) is 0 Å². The zero-order valence-corrected chi connectivity index (χ0v) is 18.4. The van der Waals surface area contributed by atoms with Crippen LogP contribution in [0.25, 0.3) is 11.3 Å². The number of benzene rings is 2. The van der Waals surface area contributed by atoms with Crippen LogP contribution in [0, 0.1) is 5.82 Å². The molecule has 0 aliphatic rings. The third-order valence-electron chi connectivity index (χ3n) is 4.71. The standard InChI is InChI=1S/C22H15ClF4N4O3/c1-30-11-12(10-28-30)18-9-20(29-21(32)31(18)2)34-14-4-6-19(17(24)8-14)33-13-3-5-16(23)15(7-13)22(25,26)27/h3-11H,1-2H3. The number of nitrogens with zero attached hydrogens (tertiary/aromatic N) is 4. The smallest absolute Gasteiger partial charge is 0.417 e. The van der Waals surface area contributed by atoms with Crippen molar-refractivity contribution in [3.8, 4) is 34.4 Å². The largest absolute Gasteiger partial charge is 0.454 e. The van der Waals surface area contributed by atoms with Crippen LogP contribution < -0.4 is 15.2 Å². The SMILES string of the molecule is Cn1cc(-c2cc(Oc3ccc(Oc4ccc(Cl)c(C(F)(F)F)c4)c(F)c3)nc(=O)n2C)cn1. The van der Waals surface area contributed by atoms with E-state index in [0.717, 1.165) is 12.1 Å². The summed E-state index contributed by atoms with van der Waals surface area (Å²) in [5.74, 6) is -1.58. The van der Waals surface area contributed by atoms with Gasteiger partial charge in [0.05, 0.1) is 22.5 Å². The molecule has 12 heteroatoms. The molecule has 4 aromatic rings. The molecule has 0 atom stereocenters. The molecule has 0 amide bonds. The van der Waals surface area contributed by atoms with Crippen LogP contribution >= 0.6 is 11.6 Å². The lowest BCUT2D eigenvalue weighted by atomic mass is 10.2. The first-order valence-corrected chi connectivity index (χ1v) is 9.98. The molecule has 2 aromatic carbocycles. The lowest BCUT2D eigenvalue weighted by molar-refractivity contribution is -0.137. The van der Waals surface area contributed by atoms with E-state index in [1.165, 1.54) is 35.9 Å². The van der Waals surface area contributed by atoms with Crippen LogP contribution in [0.5, 0.6) is 23.1 Å². The predicted molar refractivity (Wildman–Crippen MR) is 115 cm³/mol. The first-order valence-electron chi connectivity index (χ1n) is 9.60. The van der Waals surface area contributed by atoms with Crippen LogP contribution in [0.3, 0.4) is 0 Å². The molecule has 0 fully saturated rings. The number of hydrogen-bond donors (Lipinski definition) is 0. The maximum absolute atomic E-state index is 14.6. The predicted octanol–water partition coefficient (Wildman–Crippen LogP) is 5.58. The minimum absolute atomic E-state index is 0.00479. The number of alkyl halides is 3. The summed E-state index contributed by atoms with van der Waals surface area (Å²) in [6.45, 7) is 0. The Balaban J connectivity index is 1.58. The minimum Gasteiger partial charge on any atom is -0.454 e. The molecule has 0 bridgehead atoms. The summed E-state index contributed by atoms with van der Waals surface area (Å²) in [6.07, 6.45) is -1.43. The number of rotatable bonds is 5. The fourth-order valence-corrected chi connectivity index (χ4v) is 3.29. The van der Waals surface area contributed by atoms with Crippen LogP contribution in [0.4, 0.5) is 17.6 Å². The van der Waals surface area contributed by atoms with Gasteiger partial charge in [-0.1, -0.05) is 11.6 Å². The average molecular weight is 495 g/mol. The molecule has 0 saturated carbocycles. The van der Waals surface area contributed by atoms with E-state index in [9.17, 15) is 22.4 Å². The number of aromatic nitrogens is 4. The summed E-state index contributed by atoms with van der Waals surface area (Å²) in [5.41, 5.74) is -0.578. The molecule has 0 radical (unpaired) electrons. The Morgan fingerprint density at radius 1 is 1.00 bits per heavy atom. The molecule has 2 heterocycles. The normalized spacial score (nSPS) is 11.5. The fraction of sp³-hybridized carbons (Fsp3) is 0.136. The van der Waals surface area contributed by atoms with E-state index in [1.54, 1.807) is 24.1 Å². The van der Waals surface area contributed by atoms with Crippen LogP contribution in [-0.2, 0) is 20.3 Å². The van der Waals surface area contributed by atoms with E-state index in [-0.39, 0.29) is 23.1 Å². The van der Waals surface area contributed by atoms with Crippen molar-refractivity contribution in [2.45, 2.75) is 6.18 Å². The summed E-state index contributed by atoms with van der Waals surface area (Å²) in [6, 6.07) is 7.82. The number of halogens is 5. The quantitative estimate of drug-likeness (QED) is 0.339. The highest BCUT2D eigenvalue weighted by molar-refractivity contribution is 6.31. The zero-order chi connectivity index (χ0) is 24.6. The first-order chi connectivity index (χ1) is 16.0. The molecule has 0 N–H and O–H groups in total. The molecule has 0 aliphatic heterocycles. The Hall–Kier alpha value is -3.86. The van der Waals surface area contributed by atoms with E-state index in [2.05, 4.69) is 10.1 Å². The van der Waals surface area contributed by atoms with Gasteiger partial charge in [-0.2, -0.15) is 23.3 Å². The summed E-state index contributed by atoms with van der Waals surface area (Å²) < 4.78 is 67.3. The summed E-state index contributed by atoms with van der Waals surface area (Å²) >= 11 is 5.58. The molecule has 4 rings (SSSR count). The fourth-order valence-electron chi connectivity index (χ4n) is 3.06. The van der Waals surface area contributed by atoms with E-state index in [4.69, 9.17) is 21.1 Å². The highest BCUT2D eigenvalue weighted by Crippen LogP contribution is 2.38. The van der Waals surface area contributed by atoms with Gasteiger partial charge in [-0.25, -0.2) is 9.18 Å². The van der Waals surface area contributed by atoms with E-state index >= 15 is 0 Å². The van der Waals surface area contributed by atoms with Gasteiger partial charge in [0.2, 0.25) is 5.88 Å². The molecule has 0 unspecified atom stereocenters. The van der Waals surface area contributed by atoms with Crippen molar-refractivity contribution in [3.63, 3.8) is 0 Å². The third-order valence-corrected chi connectivity index (χ3v) is 5.04. The van der Waals surface area contributed by atoms with Crippen molar-refractivity contribution in [3.05, 3.63) is 81.7 Å². The minimum atomic E-state index is -4.69. The molecule has 0 aliphatic carbocycles. The van der Waals surface area contributed by atoms with E-state index in [0.29, 0.717) is 17.3 Å². The Morgan fingerprint density at radius 2 is 1.71 bits per heavy atom. The van der Waals surface area contributed by atoms with Gasteiger partial charge in [0.25, 0.3) is 0 Å². The zero-order valence-electron chi connectivity index (χ0n) is 17.6. The van der Waals surface area contributed by atoms with Gasteiger partial charge >= 0.3 is 11.9 Å². The van der Waals surface area contributed by atoms with Crippen LogP contribution in [0.2, 0.25) is 5.02 Å². The van der Waals surface area contributed by atoms with Gasteiger partial charge in [0.1, 0.15) is 11.5 Å². The van der Waals surface area contributed by atoms with Gasteiger partial charge in [-0.15, -0.1) is 0 Å². The topological polar surface area (TPSA) is 71.2 Å². The third kappa shape index (κ3) is 4.88. The Kier molecular flexibility index (Phi) is 6.05. The maximum atomic E-state index is 14.6. The van der Waals surface area contributed by atoms with Gasteiger partial charge in [0, 0.05) is 38.0 Å². The van der Waals surface area contributed by atoms with Crippen molar-refractivity contribution >= 4 is 11.6 Å². The van der Waals surface area contributed by atoms with Crippen molar-refractivity contribution in [1.29, 1.82) is 0 Å². The second-order valence-corrected chi connectivity index (χ2v) is 7.57. The molecule has 2 aromatic heterocycles. The van der Waals surface area contributed by atoms with Crippen molar-refractivity contribution in [2.75, 3.05) is 0 Å². The summed E-state index contributed by atoms with van der Waals surface area (Å²) in [4.78, 5) is 16.0. The average Bonchev–Trinajstić information content (AvgIpc) is 3.19. The first kappa shape index (κ1) is 23.3. The molecular formula is C22H15ClF4N4O3. The van der Waals surface area contributed by atoms with Gasteiger partial charge in [-0.05, 0) is 30.3 Å². The van der Waals surface area contributed by atoms with Crippen LogP contribution in [0.15, 0.2) is 59.7 Å². The van der Waals surface area contributed by atoms with Crippen molar-refractivity contribution in [1.82, 2.24) is 19.3 Å². The van der Waals surface area contributed by atoms with Crippen LogP contribution in [-0.4, -0.2) is 19.3 Å². The van der Waals surface area contributed by atoms with Gasteiger partial charge < -0.3 is 9.47 Å². The Labute approximate surface area is 194 Å². The maximum Gasteiger partial charge on any atom is 0.417 e. The highest BCUT2D eigenvalue weighted by atomic mass is 35.5. The molecule has 34 heavy (non-hydrogen) atoms. The molecule has 0 spiro atoms. The lowest BCUT2D eigenvalue weighted by Gasteiger charge is -2.13.